The van der Waals surface area contributed by atoms with E-state index in [1.807, 2.05) is 31.2 Å². The third kappa shape index (κ3) is 2.79. The fraction of sp³-hybridized carbons (Fsp3) is 0.294. The third-order valence-corrected chi connectivity index (χ3v) is 3.50. The molecule has 0 saturated carbocycles. The van der Waals surface area contributed by atoms with Crippen molar-refractivity contribution in [2.75, 3.05) is 0 Å². The van der Waals surface area contributed by atoms with Crippen molar-refractivity contribution in [2.45, 2.75) is 33.7 Å². The Labute approximate surface area is 115 Å². The van der Waals surface area contributed by atoms with Crippen LogP contribution in [-0.2, 0) is 0 Å². The van der Waals surface area contributed by atoms with Crippen molar-refractivity contribution in [3.63, 3.8) is 0 Å². The lowest BCUT2D eigenvalue weighted by Crippen LogP contribution is -2.07. The Morgan fingerprint density at radius 3 is 2.26 bits per heavy atom. The lowest BCUT2D eigenvalue weighted by molar-refractivity contribution is 0.464. The Morgan fingerprint density at radius 1 is 0.947 bits per heavy atom. The number of hydrogen-bond donors (Lipinski definition) is 1. The van der Waals surface area contributed by atoms with Crippen LogP contribution in [0.2, 0.25) is 0 Å². The van der Waals surface area contributed by atoms with E-state index in [0.717, 1.165) is 22.6 Å². The zero-order valence-electron chi connectivity index (χ0n) is 12.0. The summed E-state index contributed by atoms with van der Waals surface area (Å²) in [4.78, 5) is 0. The summed E-state index contributed by atoms with van der Waals surface area (Å²) in [5.74, 6) is 1.78. The highest BCUT2D eigenvalue weighted by Crippen LogP contribution is 2.33. The number of benzene rings is 2. The van der Waals surface area contributed by atoms with E-state index in [1.165, 1.54) is 11.1 Å². The molecule has 1 atom stereocenters. The maximum atomic E-state index is 6.13. The van der Waals surface area contributed by atoms with Gasteiger partial charge in [-0.1, -0.05) is 30.3 Å². The maximum absolute atomic E-state index is 6.13. The first-order chi connectivity index (χ1) is 9.00. The minimum Gasteiger partial charge on any atom is -0.456 e. The Kier molecular flexibility index (Phi) is 3.91. The number of hydrogen-bond acceptors (Lipinski definition) is 2. The van der Waals surface area contributed by atoms with E-state index in [0.29, 0.717) is 0 Å². The topological polar surface area (TPSA) is 35.2 Å². The highest BCUT2D eigenvalue weighted by atomic mass is 16.5. The van der Waals surface area contributed by atoms with E-state index in [1.54, 1.807) is 0 Å². The molecule has 0 aliphatic carbocycles. The van der Waals surface area contributed by atoms with Gasteiger partial charge in [0.25, 0.3) is 0 Å². The molecule has 0 unspecified atom stereocenters. The molecule has 2 rings (SSSR count). The Balaban J connectivity index is 2.45. The van der Waals surface area contributed by atoms with Crippen LogP contribution in [0, 0.1) is 20.8 Å². The molecule has 2 aromatic carbocycles. The predicted molar refractivity (Wildman–Crippen MR) is 79.8 cm³/mol. The van der Waals surface area contributed by atoms with Gasteiger partial charge in [-0.3, -0.25) is 0 Å². The van der Waals surface area contributed by atoms with Gasteiger partial charge in [-0.05, 0) is 50.5 Å². The molecule has 2 nitrogen and oxygen atoms in total. The van der Waals surface area contributed by atoms with E-state index >= 15 is 0 Å². The number of para-hydroxylation sites is 1. The van der Waals surface area contributed by atoms with Gasteiger partial charge in [0.05, 0.1) is 0 Å². The molecule has 0 aliphatic heterocycles. The van der Waals surface area contributed by atoms with E-state index in [-0.39, 0.29) is 6.04 Å². The average Bonchev–Trinajstić information content (AvgIpc) is 2.39. The first-order valence-corrected chi connectivity index (χ1v) is 6.60. The second-order valence-corrected chi connectivity index (χ2v) is 5.08. The molecule has 0 spiro atoms. The molecule has 2 N–H and O–H groups in total. The minimum absolute atomic E-state index is 0.0402. The molecule has 0 saturated heterocycles. The van der Waals surface area contributed by atoms with Crippen LogP contribution in [0.3, 0.4) is 0 Å². The molecule has 0 amide bonds. The van der Waals surface area contributed by atoms with Crippen molar-refractivity contribution >= 4 is 0 Å². The quantitative estimate of drug-likeness (QED) is 0.881. The summed E-state index contributed by atoms with van der Waals surface area (Å²) >= 11 is 0. The standard InChI is InChI=1S/C17H21NO/c1-11-9-10-12(2)17(13(11)3)19-16-8-6-5-7-15(16)14(4)18/h5-10,14H,18H2,1-4H3/t14-/m1/s1. The number of rotatable bonds is 3. The molecule has 100 valence electrons. The van der Waals surface area contributed by atoms with Crippen molar-refractivity contribution < 1.29 is 4.74 Å². The molecule has 0 radical (unpaired) electrons. The largest absolute Gasteiger partial charge is 0.456 e. The smallest absolute Gasteiger partial charge is 0.133 e. The molecule has 0 bridgehead atoms. The van der Waals surface area contributed by atoms with Gasteiger partial charge in [-0.25, -0.2) is 0 Å². The zero-order chi connectivity index (χ0) is 14.0. The number of nitrogens with two attached hydrogens (primary N) is 1. The summed E-state index contributed by atoms with van der Waals surface area (Å²) in [5.41, 5.74) is 10.6. The van der Waals surface area contributed by atoms with Crippen LogP contribution in [0.5, 0.6) is 11.5 Å². The van der Waals surface area contributed by atoms with E-state index < -0.39 is 0 Å². The zero-order valence-corrected chi connectivity index (χ0v) is 12.0. The van der Waals surface area contributed by atoms with E-state index in [4.69, 9.17) is 10.5 Å². The first kappa shape index (κ1) is 13.6. The molecular formula is C17H21NO. The van der Waals surface area contributed by atoms with E-state index in [9.17, 15) is 0 Å². The van der Waals surface area contributed by atoms with Crippen LogP contribution in [0.15, 0.2) is 36.4 Å². The van der Waals surface area contributed by atoms with Gasteiger partial charge in [-0.2, -0.15) is 0 Å². The first-order valence-electron chi connectivity index (χ1n) is 6.60. The second-order valence-electron chi connectivity index (χ2n) is 5.08. The minimum atomic E-state index is -0.0402. The van der Waals surface area contributed by atoms with Crippen LogP contribution in [0.25, 0.3) is 0 Å². The van der Waals surface area contributed by atoms with E-state index in [2.05, 4.69) is 32.9 Å². The monoisotopic (exact) mass is 255 g/mol. The number of ether oxygens (including phenoxy) is 1. The van der Waals surface area contributed by atoms with Crippen LogP contribution in [0.4, 0.5) is 0 Å². The van der Waals surface area contributed by atoms with Crippen LogP contribution >= 0.6 is 0 Å². The highest BCUT2D eigenvalue weighted by molar-refractivity contribution is 5.48. The summed E-state index contributed by atoms with van der Waals surface area (Å²) in [7, 11) is 0. The van der Waals surface area contributed by atoms with Crippen molar-refractivity contribution in [1.82, 2.24) is 0 Å². The SMILES string of the molecule is Cc1ccc(C)c(Oc2ccccc2[C@@H](C)N)c1C. The van der Waals surface area contributed by atoms with Gasteiger partial charge < -0.3 is 10.5 Å². The summed E-state index contributed by atoms with van der Waals surface area (Å²) in [5, 5.41) is 0. The predicted octanol–water partition coefficient (Wildman–Crippen LogP) is 4.42. The normalized spacial score (nSPS) is 12.3. The van der Waals surface area contributed by atoms with Gasteiger partial charge in [0.1, 0.15) is 11.5 Å². The van der Waals surface area contributed by atoms with Crippen molar-refractivity contribution in [3.05, 3.63) is 58.7 Å². The Hall–Kier alpha value is -1.80. The van der Waals surface area contributed by atoms with Crippen LogP contribution in [0.1, 0.15) is 35.2 Å². The summed E-state index contributed by atoms with van der Waals surface area (Å²) in [6.07, 6.45) is 0. The molecule has 2 aromatic rings. The molecule has 0 fully saturated rings. The van der Waals surface area contributed by atoms with Crippen LogP contribution in [-0.4, -0.2) is 0 Å². The molecule has 2 heteroatoms. The van der Waals surface area contributed by atoms with Crippen molar-refractivity contribution in [1.29, 1.82) is 0 Å². The Bertz CT molecular complexity index is 588. The number of aryl methyl sites for hydroxylation is 2. The van der Waals surface area contributed by atoms with Gasteiger partial charge in [0, 0.05) is 11.6 Å². The second kappa shape index (κ2) is 5.45. The Morgan fingerprint density at radius 2 is 1.58 bits per heavy atom. The summed E-state index contributed by atoms with van der Waals surface area (Å²) in [6, 6.07) is 12.1. The maximum Gasteiger partial charge on any atom is 0.133 e. The summed E-state index contributed by atoms with van der Waals surface area (Å²) in [6.45, 7) is 8.22. The fourth-order valence-electron chi connectivity index (χ4n) is 2.14. The molecular weight excluding hydrogens is 234 g/mol. The lowest BCUT2D eigenvalue weighted by Gasteiger charge is -2.17. The molecule has 0 heterocycles. The highest BCUT2D eigenvalue weighted by Gasteiger charge is 2.12. The van der Waals surface area contributed by atoms with Gasteiger partial charge >= 0.3 is 0 Å². The molecule has 0 aromatic heterocycles. The lowest BCUT2D eigenvalue weighted by atomic mass is 10.0. The van der Waals surface area contributed by atoms with Crippen molar-refractivity contribution in [2.24, 2.45) is 5.73 Å². The molecule has 19 heavy (non-hydrogen) atoms. The van der Waals surface area contributed by atoms with Crippen LogP contribution < -0.4 is 10.5 Å². The molecule has 0 aliphatic rings. The van der Waals surface area contributed by atoms with Crippen molar-refractivity contribution in [3.8, 4) is 11.5 Å². The third-order valence-electron chi connectivity index (χ3n) is 3.50. The van der Waals surface area contributed by atoms with Gasteiger partial charge in [-0.15, -0.1) is 0 Å². The van der Waals surface area contributed by atoms with Gasteiger partial charge in [0.15, 0.2) is 0 Å². The average molecular weight is 255 g/mol. The summed E-state index contributed by atoms with van der Waals surface area (Å²) < 4.78 is 6.13. The van der Waals surface area contributed by atoms with Gasteiger partial charge in [0.2, 0.25) is 0 Å². The fourth-order valence-corrected chi connectivity index (χ4v) is 2.14.